The summed E-state index contributed by atoms with van der Waals surface area (Å²) in [6, 6.07) is 7.52. The second kappa shape index (κ2) is 9.33. The van der Waals surface area contributed by atoms with E-state index in [-0.39, 0.29) is 24.2 Å². The Hall–Kier alpha value is -1.92. The van der Waals surface area contributed by atoms with Crippen LogP contribution in [0.2, 0.25) is 5.02 Å². The van der Waals surface area contributed by atoms with E-state index >= 15 is 0 Å². The molecule has 0 spiro atoms. The molecule has 0 radical (unpaired) electrons. The van der Waals surface area contributed by atoms with Crippen molar-refractivity contribution in [2.24, 2.45) is 0 Å². The molecule has 1 fully saturated rings. The third-order valence-corrected chi connectivity index (χ3v) is 5.95. The van der Waals surface area contributed by atoms with E-state index in [1.54, 1.807) is 17.5 Å². The fourth-order valence-electron chi connectivity index (χ4n) is 3.41. The van der Waals surface area contributed by atoms with Gasteiger partial charge in [0.05, 0.1) is 0 Å². The van der Waals surface area contributed by atoms with E-state index in [1.807, 2.05) is 24.0 Å². The standard InChI is InChI=1S/C20H23ClN2O3S/c1-2-23(16-6-4-3-5-7-16)18(24)12-26-20(25)17-13-27-19(22-17)14-8-10-15(21)11-9-14/h8-11,13,16H,2-7,12H2,1H3. The molecule has 1 aliphatic rings. The number of thiazole rings is 1. The average Bonchev–Trinajstić information content (AvgIpc) is 3.18. The van der Waals surface area contributed by atoms with E-state index in [2.05, 4.69) is 4.98 Å². The summed E-state index contributed by atoms with van der Waals surface area (Å²) in [5, 5.41) is 3.00. The summed E-state index contributed by atoms with van der Waals surface area (Å²) in [4.78, 5) is 30.9. The summed E-state index contributed by atoms with van der Waals surface area (Å²) in [6.45, 7) is 2.36. The molecule has 2 aromatic rings. The van der Waals surface area contributed by atoms with Gasteiger partial charge in [0.25, 0.3) is 5.91 Å². The molecule has 5 nitrogen and oxygen atoms in total. The highest BCUT2D eigenvalue weighted by Crippen LogP contribution is 2.26. The molecule has 1 aromatic heterocycles. The second-order valence-corrected chi connectivity index (χ2v) is 7.89. The van der Waals surface area contributed by atoms with E-state index in [4.69, 9.17) is 16.3 Å². The van der Waals surface area contributed by atoms with Crippen molar-refractivity contribution in [1.29, 1.82) is 0 Å². The van der Waals surface area contributed by atoms with Gasteiger partial charge in [0.2, 0.25) is 0 Å². The van der Waals surface area contributed by atoms with Crippen molar-refractivity contribution in [3.63, 3.8) is 0 Å². The highest BCUT2D eigenvalue weighted by molar-refractivity contribution is 7.13. The molecule has 0 atom stereocenters. The Kier molecular flexibility index (Phi) is 6.85. The highest BCUT2D eigenvalue weighted by atomic mass is 35.5. The van der Waals surface area contributed by atoms with Crippen LogP contribution in [0.3, 0.4) is 0 Å². The molecule has 0 N–H and O–H groups in total. The van der Waals surface area contributed by atoms with Crippen LogP contribution in [-0.2, 0) is 9.53 Å². The van der Waals surface area contributed by atoms with E-state index < -0.39 is 5.97 Å². The number of nitrogens with zero attached hydrogens (tertiary/aromatic N) is 2. The quantitative estimate of drug-likeness (QED) is 0.646. The fraction of sp³-hybridized carbons (Fsp3) is 0.450. The summed E-state index contributed by atoms with van der Waals surface area (Å²) >= 11 is 7.25. The first-order valence-corrected chi connectivity index (χ1v) is 10.5. The van der Waals surface area contributed by atoms with Crippen LogP contribution < -0.4 is 0 Å². The minimum absolute atomic E-state index is 0.133. The number of rotatable bonds is 6. The number of hydrogen-bond acceptors (Lipinski definition) is 5. The van der Waals surface area contributed by atoms with Gasteiger partial charge in [-0.3, -0.25) is 4.79 Å². The zero-order chi connectivity index (χ0) is 19.2. The van der Waals surface area contributed by atoms with Crippen molar-refractivity contribution in [2.45, 2.75) is 45.1 Å². The highest BCUT2D eigenvalue weighted by Gasteiger charge is 2.25. The minimum atomic E-state index is -0.570. The van der Waals surface area contributed by atoms with Gasteiger partial charge in [-0.2, -0.15) is 0 Å². The molecular weight excluding hydrogens is 384 g/mol. The molecule has 1 aliphatic carbocycles. The summed E-state index contributed by atoms with van der Waals surface area (Å²) in [5.41, 5.74) is 1.10. The number of ether oxygens (including phenoxy) is 1. The van der Waals surface area contributed by atoms with Gasteiger partial charge >= 0.3 is 5.97 Å². The Bertz CT molecular complexity index is 785. The van der Waals surface area contributed by atoms with Crippen molar-refractivity contribution in [3.05, 3.63) is 40.4 Å². The lowest BCUT2D eigenvalue weighted by atomic mass is 9.94. The molecule has 0 saturated heterocycles. The lowest BCUT2D eigenvalue weighted by Gasteiger charge is -2.33. The molecule has 27 heavy (non-hydrogen) atoms. The lowest BCUT2D eigenvalue weighted by Crippen LogP contribution is -2.43. The number of carbonyl (C=O) groups excluding carboxylic acids is 2. The van der Waals surface area contributed by atoms with E-state index in [9.17, 15) is 9.59 Å². The van der Waals surface area contributed by atoms with E-state index in [0.29, 0.717) is 16.6 Å². The van der Waals surface area contributed by atoms with E-state index in [1.165, 1.54) is 17.8 Å². The molecule has 1 saturated carbocycles. The third-order valence-electron chi connectivity index (χ3n) is 4.81. The van der Waals surface area contributed by atoms with Crippen molar-refractivity contribution < 1.29 is 14.3 Å². The molecule has 1 aromatic carbocycles. The molecule has 144 valence electrons. The predicted octanol–water partition coefficient (Wildman–Crippen LogP) is 4.80. The first-order valence-electron chi connectivity index (χ1n) is 9.26. The molecule has 7 heteroatoms. The van der Waals surface area contributed by atoms with E-state index in [0.717, 1.165) is 31.2 Å². The molecule has 0 bridgehead atoms. The fourth-order valence-corrected chi connectivity index (χ4v) is 4.33. The van der Waals surface area contributed by atoms with Crippen LogP contribution in [0.5, 0.6) is 0 Å². The summed E-state index contributed by atoms with van der Waals surface area (Å²) < 4.78 is 5.22. The molecule has 1 amide bonds. The molecule has 0 aliphatic heterocycles. The van der Waals surface area contributed by atoms with Crippen molar-refractivity contribution >= 4 is 34.8 Å². The summed E-state index contributed by atoms with van der Waals surface area (Å²) in [5.74, 6) is -0.703. The van der Waals surface area contributed by atoms with Crippen LogP contribution in [0.1, 0.15) is 49.5 Å². The van der Waals surface area contributed by atoms with Crippen LogP contribution in [0.15, 0.2) is 29.6 Å². The Morgan fingerprint density at radius 3 is 2.59 bits per heavy atom. The van der Waals surface area contributed by atoms with Gasteiger partial charge in [-0.15, -0.1) is 11.3 Å². The SMILES string of the molecule is CCN(C(=O)COC(=O)c1csc(-c2ccc(Cl)cc2)n1)C1CCCCC1. The van der Waals surface area contributed by atoms with Crippen LogP contribution in [0, 0.1) is 0 Å². The molecular formula is C20H23ClN2O3S. The van der Waals surface area contributed by atoms with Crippen molar-refractivity contribution in [2.75, 3.05) is 13.2 Å². The maximum absolute atomic E-state index is 12.5. The molecule has 0 unspecified atom stereocenters. The first-order chi connectivity index (χ1) is 13.1. The number of carbonyl (C=O) groups is 2. The van der Waals surface area contributed by atoms with Gasteiger partial charge in [0.1, 0.15) is 5.01 Å². The van der Waals surface area contributed by atoms with Crippen LogP contribution in [0.25, 0.3) is 10.6 Å². The van der Waals surface area contributed by atoms with Crippen LogP contribution >= 0.6 is 22.9 Å². The van der Waals surface area contributed by atoms with Crippen LogP contribution in [0.4, 0.5) is 0 Å². The first kappa shape index (κ1) is 19.8. The number of amides is 1. The number of likely N-dealkylation sites (N-methyl/N-ethyl adjacent to an activating group) is 1. The summed E-state index contributed by atoms with van der Waals surface area (Å²) in [7, 11) is 0. The maximum atomic E-state index is 12.5. The number of hydrogen-bond donors (Lipinski definition) is 0. The Labute approximate surface area is 168 Å². The van der Waals surface area contributed by atoms with Gasteiger partial charge in [-0.1, -0.05) is 43.0 Å². The predicted molar refractivity (Wildman–Crippen MR) is 107 cm³/mol. The third kappa shape index (κ3) is 5.08. The number of esters is 1. The Morgan fingerprint density at radius 2 is 1.93 bits per heavy atom. The minimum Gasteiger partial charge on any atom is -0.451 e. The van der Waals surface area contributed by atoms with Gasteiger partial charge < -0.3 is 9.64 Å². The molecule has 3 rings (SSSR count). The number of benzene rings is 1. The largest absolute Gasteiger partial charge is 0.451 e. The Morgan fingerprint density at radius 1 is 1.22 bits per heavy atom. The summed E-state index contributed by atoms with van der Waals surface area (Å²) in [6.07, 6.45) is 5.60. The lowest BCUT2D eigenvalue weighted by molar-refractivity contribution is -0.137. The zero-order valence-electron chi connectivity index (χ0n) is 15.3. The topological polar surface area (TPSA) is 59.5 Å². The van der Waals surface area contributed by atoms with Gasteiger partial charge in [-0.25, -0.2) is 9.78 Å². The maximum Gasteiger partial charge on any atom is 0.358 e. The van der Waals surface area contributed by atoms with Gasteiger partial charge in [-0.05, 0) is 31.9 Å². The van der Waals surface area contributed by atoms with Crippen molar-refractivity contribution in [1.82, 2.24) is 9.88 Å². The second-order valence-electron chi connectivity index (χ2n) is 6.59. The average molecular weight is 407 g/mol. The van der Waals surface area contributed by atoms with Crippen LogP contribution in [-0.4, -0.2) is 41.0 Å². The van der Waals surface area contributed by atoms with Gasteiger partial charge in [0, 0.05) is 28.6 Å². The Balaban J connectivity index is 1.57. The molecule has 1 heterocycles. The number of halogens is 1. The van der Waals surface area contributed by atoms with Crippen molar-refractivity contribution in [3.8, 4) is 10.6 Å². The zero-order valence-corrected chi connectivity index (χ0v) is 16.9. The van der Waals surface area contributed by atoms with Gasteiger partial charge in [0.15, 0.2) is 12.3 Å². The smallest absolute Gasteiger partial charge is 0.358 e. The monoisotopic (exact) mass is 406 g/mol. The number of aromatic nitrogens is 1. The normalized spacial score (nSPS) is 14.7.